The number of halogens is 2. The number of nitrogens with zero attached hydrogens (tertiary/aromatic N) is 2. The summed E-state index contributed by atoms with van der Waals surface area (Å²) in [5, 5.41) is 8.34. The molecule has 0 aliphatic carbocycles. The Bertz CT molecular complexity index is 726. The van der Waals surface area contributed by atoms with Crippen molar-refractivity contribution in [1.82, 2.24) is 4.98 Å². The second-order valence-corrected chi connectivity index (χ2v) is 5.71. The van der Waals surface area contributed by atoms with Crippen LogP contribution in [0.25, 0.3) is 0 Å². The van der Waals surface area contributed by atoms with E-state index in [1.54, 1.807) is 30.5 Å². The molecular formula is C17H20F2N4. The standard InChI is InChI=1S/C17H18F2N4.H2/c18-17(19)6-9-23(10-7-17)15-11-12(5-8-22-15)16(21)13-3-1-2-4-14(13)20;/h1-5,8,11,21H,6-7,9-10,20H2;1H. The molecule has 0 bridgehead atoms. The van der Waals surface area contributed by atoms with E-state index in [0.29, 0.717) is 28.3 Å². The summed E-state index contributed by atoms with van der Waals surface area (Å²) in [6, 6.07) is 10.7. The van der Waals surface area contributed by atoms with Gasteiger partial charge in [0.15, 0.2) is 0 Å². The van der Waals surface area contributed by atoms with E-state index in [4.69, 9.17) is 11.1 Å². The monoisotopic (exact) mass is 318 g/mol. The van der Waals surface area contributed by atoms with Crippen molar-refractivity contribution in [3.8, 4) is 0 Å². The number of nitrogen functional groups attached to an aromatic ring is 1. The number of alkyl halides is 2. The third-order valence-corrected chi connectivity index (χ3v) is 4.08. The van der Waals surface area contributed by atoms with E-state index in [-0.39, 0.29) is 27.4 Å². The first-order valence-corrected chi connectivity index (χ1v) is 7.49. The molecule has 4 nitrogen and oxygen atoms in total. The van der Waals surface area contributed by atoms with E-state index in [9.17, 15) is 8.78 Å². The predicted molar refractivity (Wildman–Crippen MR) is 89.5 cm³/mol. The maximum Gasteiger partial charge on any atom is 0.251 e. The number of hydrogen-bond acceptors (Lipinski definition) is 4. The van der Waals surface area contributed by atoms with Gasteiger partial charge in [-0.15, -0.1) is 0 Å². The number of anilines is 2. The lowest BCUT2D eigenvalue weighted by atomic mass is 10.0. The van der Waals surface area contributed by atoms with Gasteiger partial charge in [0.05, 0.1) is 5.71 Å². The van der Waals surface area contributed by atoms with Crippen LogP contribution in [0.15, 0.2) is 42.6 Å². The molecule has 1 aliphatic heterocycles. The SMILES string of the molecule is N=C(c1ccnc(N2CCC(F)(F)CC2)c1)c1ccccc1N.[HH]. The summed E-state index contributed by atoms with van der Waals surface area (Å²) in [4.78, 5) is 6.10. The predicted octanol–water partition coefficient (Wildman–Crippen LogP) is 3.56. The largest absolute Gasteiger partial charge is 0.398 e. The number of benzene rings is 1. The Morgan fingerprint density at radius 1 is 1.22 bits per heavy atom. The number of nitrogens with one attached hydrogen (secondary N) is 1. The molecular weight excluding hydrogens is 298 g/mol. The molecule has 1 fully saturated rings. The van der Waals surface area contributed by atoms with E-state index in [2.05, 4.69) is 4.98 Å². The van der Waals surface area contributed by atoms with Crippen LogP contribution in [0.4, 0.5) is 20.3 Å². The van der Waals surface area contributed by atoms with Crippen LogP contribution >= 0.6 is 0 Å². The zero-order valence-electron chi connectivity index (χ0n) is 12.6. The van der Waals surface area contributed by atoms with E-state index < -0.39 is 5.92 Å². The minimum absolute atomic E-state index is 0. The summed E-state index contributed by atoms with van der Waals surface area (Å²) in [7, 11) is 0. The maximum absolute atomic E-state index is 13.3. The number of nitrogens with two attached hydrogens (primary N) is 1. The van der Waals surface area contributed by atoms with Gasteiger partial charge in [0.1, 0.15) is 5.82 Å². The average molecular weight is 318 g/mol. The van der Waals surface area contributed by atoms with Crippen molar-refractivity contribution in [1.29, 1.82) is 5.41 Å². The summed E-state index contributed by atoms with van der Waals surface area (Å²) in [5.74, 6) is -1.96. The first kappa shape index (κ1) is 15.4. The highest BCUT2D eigenvalue weighted by Gasteiger charge is 2.34. The minimum Gasteiger partial charge on any atom is -0.398 e. The van der Waals surface area contributed by atoms with Crippen molar-refractivity contribution >= 4 is 17.2 Å². The molecule has 1 aromatic heterocycles. The first-order chi connectivity index (χ1) is 11.0. The second kappa shape index (κ2) is 5.95. The van der Waals surface area contributed by atoms with Gasteiger partial charge in [0.2, 0.25) is 0 Å². The van der Waals surface area contributed by atoms with Crippen LogP contribution in [0.1, 0.15) is 25.4 Å². The van der Waals surface area contributed by atoms with Crippen LogP contribution in [0.2, 0.25) is 0 Å². The third kappa shape index (κ3) is 3.31. The van der Waals surface area contributed by atoms with Crippen LogP contribution in [0, 0.1) is 5.41 Å². The van der Waals surface area contributed by atoms with Crippen LogP contribution in [0.3, 0.4) is 0 Å². The van der Waals surface area contributed by atoms with E-state index >= 15 is 0 Å². The van der Waals surface area contributed by atoms with Gasteiger partial charge in [-0.3, -0.25) is 5.41 Å². The van der Waals surface area contributed by atoms with E-state index in [1.165, 1.54) is 0 Å². The second-order valence-electron chi connectivity index (χ2n) is 5.71. The summed E-state index contributed by atoms with van der Waals surface area (Å²) < 4.78 is 26.5. The van der Waals surface area contributed by atoms with Crippen LogP contribution in [-0.4, -0.2) is 29.7 Å². The van der Waals surface area contributed by atoms with Crippen molar-refractivity contribution < 1.29 is 10.2 Å². The van der Waals surface area contributed by atoms with Gasteiger partial charge in [0.25, 0.3) is 5.92 Å². The van der Waals surface area contributed by atoms with Crippen molar-refractivity contribution in [2.24, 2.45) is 0 Å². The summed E-state index contributed by atoms with van der Waals surface area (Å²) in [5.41, 5.74) is 8.07. The van der Waals surface area contributed by atoms with Gasteiger partial charge in [-0.1, -0.05) is 18.2 Å². The highest BCUT2D eigenvalue weighted by molar-refractivity contribution is 6.14. The molecule has 0 radical (unpaired) electrons. The zero-order chi connectivity index (χ0) is 16.4. The highest BCUT2D eigenvalue weighted by atomic mass is 19.3. The van der Waals surface area contributed by atoms with Gasteiger partial charge >= 0.3 is 0 Å². The van der Waals surface area contributed by atoms with Crippen LogP contribution < -0.4 is 10.6 Å². The Labute approximate surface area is 134 Å². The molecule has 1 aromatic carbocycles. The Balaban J connectivity index is 0.00000208. The highest BCUT2D eigenvalue weighted by Crippen LogP contribution is 2.30. The smallest absolute Gasteiger partial charge is 0.251 e. The molecule has 3 N–H and O–H groups in total. The fourth-order valence-electron chi connectivity index (χ4n) is 2.69. The third-order valence-electron chi connectivity index (χ3n) is 4.08. The fourth-order valence-corrected chi connectivity index (χ4v) is 2.69. The zero-order valence-corrected chi connectivity index (χ0v) is 12.6. The number of piperidine rings is 1. The van der Waals surface area contributed by atoms with Crippen LogP contribution in [0.5, 0.6) is 0 Å². The van der Waals surface area contributed by atoms with Crippen LogP contribution in [-0.2, 0) is 0 Å². The Hall–Kier alpha value is -2.50. The van der Waals surface area contributed by atoms with Gasteiger partial charge in [-0.2, -0.15) is 0 Å². The Morgan fingerprint density at radius 2 is 1.91 bits per heavy atom. The molecule has 6 heteroatoms. The molecule has 2 aromatic rings. The molecule has 2 heterocycles. The molecule has 1 aliphatic rings. The number of hydrogen-bond donors (Lipinski definition) is 2. The lowest BCUT2D eigenvalue weighted by Crippen LogP contribution is -2.39. The first-order valence-electron chi connectivity index (χ1n) is 7.49. The summed E-state index contributed by atoms with van der Waals surface area (Å²) in [6.45, 7) is 0.536. The van der Waals surface area contributed by atoms with Crippen molar-refractivity contribution in [3.05, 3.63) is 53.7 Å². The lowest BCUT2D eigenvalue weighted by Gasteiger charge is -2.32. The summed E-state index contributed by atoms with van der Waals surface area (Å²) >= 11 is 0. The molecule has 0 spiro atoms. The molecule has 1 saturated heterocycles. The average Bonchev–Trinajstić information content (AvgIpc) is 2.55. The van der Waals surface area contributed by atoms with Crippen molar-refractivity contribution in [3.63, 3.8) is 0 Å². The number of rotatable bonds is 3. The molecule has 0 saturated carbocycles. The molecule has 0 atom stereocenters. The van der Waals surface area contributed by atoms with Gasteiger partial charge in [0, 0.05) is 50.4 Å². The van der Waals surface area contributed by atoms with E-state index in [1.807, 2.05) is 17.0 Å². The molecule has 3 rings (SSSR count). The molecule has 122 valence electrons. The number of para-hydroxylation sites is 1. The lowest BCUT2D eigenvalue weighted by molar-refractivity contribution is -0.0221. The topological polar surface area (TPSA) is 66.0 Å². The minimum atomic E-state index is -2.58. The quantitative estimate of drug-likeness (QED) is 0.672. The van der Waals surface area contributed by atoms with Gasteiger partial charge in [-0.05, 0) is 18.2 Å². The summed E-state index contributed by atoms with van der Waals surface area (Å²) in [6.07, 6.45) is 1.27. The van der Waals surface area contributed by atoms with Crippen molar-refractivity contribution in [2.75, 3.05) is 23.7 Å². The van der Waals surface area contributed by atoms with Gasteiger partial charge in [-0.25, -0.2) is 13.8 Å². The van der Waals surface area contributed by atoms with Crippen molar-refractivity contribution in [2.45, 2.75) is 18.8 Å². The number of pyridine rings is 1. The van der Waals surface area contributed by atoms with Gasteiger partial charge < -0.3 is 10.6 Å². The molecule has 0 amide bonds. The molecule has 23 heavy (non-hydrogen) atoms. The molecule has 0 unspecified atom stereocenters. The fraction of sp³-hybridized carbons (Fsp3) is 0.294. The Kier molecular flexibility index (Phi) is 3.98. The van der Waals surface area contributed by atoms with E-state index in [0.717, 1.165) is 0 Å². The normalized spacial score (nSPS) is 17.0. The Morgan fingerprint density at radius 3 is 2.61 bits per heavy atom. The maximum atomic E-state index is 13.3. The number of aromatic nitrogens is 1.